The van der Waals surface area contributed by atoms with Gasteiger partial charge in [-0.3, -0.25) is 4.79 Å². The highest BCUT2D eigenvalue weighted by atomic mass is 16.1. The number of nitrogens with one attached hydrogen (secondary N) is 1. The Hall–Kier alpha value is -1.64. The Kier molecular flexibility index (Phi) is 2.58. The first-order valence-corrected chi connectivity index (χ1v) is 4.74. The van der Waals surface area contributed by atoms with Crippen molar-refractivity contribution in [3.8, 4) is 0 Å². The SMILES string of the molecule is O=CNN=Cc1ccc2c(c1)CCC2. The topological polar surface area (TPSA) is 41.5 Å². The maximum absolute atomic E-state index is 9.96. The van der Waals surface area contributed by atoms with Crippen LogP contribution in [0.15, 0.2) is 23.3 Å². The molecule has 0 bridgehead atoms. The Morgan fingerprint density at radius 3 is 3.00 bits per heavy atom. The molecule has 0 saturated carbocycles. The summed E-state index contributed by atoms with van der Waals surface area (Å²) in [4.78, 5) is 9.96. The molecule has 0 aliphatic heterocycles. The van der Waals surface area contributed by atoms with Crippen LogP contribution in [0.5, 0.6) is 0 Å². The van der Waals surface area contributed by atoms with Crippen LogP contribution >= 0.6 is 0 Å². The Labute approximate surface area is 82.8 Å². The van der Waals surface area contributed by atoms with Gasteiger partial charge in [0.2, 0.25) is 6.41 Å². The lowest BCUT2D eigenvalue weighted by molar-refractivity contribution is -0.109. The number of rotatable bonds is 3. The van der Waals surface area contributed by atoms with Crippen molar-refractivity contribution < 1.29 is 4.79 Å². The summed E-state index contributed by atoms with van der Waals surface area (Å²) in [6.07, 6.45) is 5.83. The van der Waals surface area contributed by atoms with Crippen molar-refractivity contribution in [2.24, 2.45) is 5.10 Å². The number of aryl methyl sites for hydroxylation is 2. The first kappa shape index (κ1) is 8.94. The summed E-state index contributed by atoms with van der Waals surface area (Å²) in [5.74, 6) is 0. The molecule has 0 aromatic heterocycles. The van der Waals surface area contributed by atoms with Crippen LogP contribution in [0.2, 0.25) is 0 Å². The molecule has 0 heterocycles. The average molecular weight is 188 g/mol. The van der Waals surface area contributed by atoms with E-state index in [9.17, 15) is 4.79 Å². The van der Waals surface area contributed by atoms with Gasteiger partial charge in [-0.1, -0.05) is 12.1 Å². The number of fused-ring (bicyclic) bond motifs is 1. The first-order valence-electron chi connectivity index (χ1n) is 4.74. The summed E-state index contributed by atoms with van der Waals surface area (Å²) in [5.41, 5.74) is 6.16. The quantitative estimate of drug-likeness (QED) is 0.433. The first-order chi connectivity index (χ1) is 6.90. The minimum atomic E-state index is 0.559. The molecule has 3 nitrogen and oxygen atoms in total. The van der Waals surface area contributed by atoms with Gasteiger partial charge in [0.1, 0.15) is 0 Å². The summed E-state index contributed by atoms with van der Waals surface area (Å²) in [6.45, 7) is 0. The van der Waals surface area contributed by atoms with Crippen molar-refractivity contribution in [3.05, 3.63) is 34.9 Å². The van der Waals surface area contributed by atoms with Crippen molar-refractivity contribution in [3.63, 3.8) is 0 Å². The molecule has 0 unspecified atom stereocenters. The van der Waals surface area contributed by atoms with Crippen molar-refractivity contribution >= 4 is 12.6 Å². The largest absolute Gasteiger partial charge is 0.277 e. The molecule has 0 spiro atoms. The second-order valence-electron chi connectivity index (χ2n) is 3.39. The van der Waals surface area contributed by atoms with Gasteiger partial charge in [0.15, 0.2) is 0 Å². The lowest BCUT2D eigenvalue weighted by Crippen LogP contribution is -2.00. The maximum Gasteiger partial charge on any atom is 0.227 e. The molecule has 0 saturated heterocycles. The van der Waals surface area contributed by atoms with Gasteiger partial charge in [-0.2, -0.15) is 5.10 Å². The molecule has 1 aliphatic carbocycles. The van der Waals surface area contributed by atoms with Crippen LogP contribution in [-0.4, -0.2) is 12.6 Å². The Morgan fingerprint density at radius 2 is 2.14 bits per heavy atom. The number of hydrogen-bond donors (Lipinski definition) is 1. The molecule has 3 heteroatoms. The van der Waals surface area contributed by atoms with Crippen LogP contribution < -0.4 is 5.43 Å². The zero-order valence-electron chi connectivity index (χ0n) is 7.86. The van der Waals surface area contributed by atoms with Gasteiger partial charge in [0, 0.05) is 0 Å². The minimum absolute atomic E-state index is 0.559. The van der Waals surface area contributed by atoms with Gasteiger partial charge < -0.3 is 0 Å². The fraction of sp³-hybridized carbons (Fsp3) is 0.273. The van der Waals surface area contributed by atoms with Crippen molar-refractivity contribution in [1.29, 1.82) is 0 Å². The van der Waals surface area contributed by atoms with E-state index in [0.29, 0.717) is 6.41 Å². The fourth-order valence-electron chi connectivity index (χ4n) is 1.81. The third-order valence-electron chi connectivity index (χ3n) is 2.46. The minimum Gasteiger partial charge on any atom is -0.277 e. The maximum atomic E-state index is 9.96. The molecule has 1 aliphatic rings. The molecule has 2 rings (SSSR count). The van der Waals surface area contributed by atoms with Gasteiger partial charge in [0.05, 0.1) is 6.21 Å². The van der Waals surface area contributed by atoms with E-state index in [1.165, 1.54) is 24.0 Å². The van der Waals surface area contributed by atoms with E-state index in [2.05, 4.69) is 22.7 Å². The van der Waals surface area contributed by atoms with Crippen LogP contribution in [0.1, 0.15) is 23.1 Å². The monoisotopic (exact) mass is 188 g/mol. The Morgan fingerprint density at radius 1 is 1.29 bits per heavy atom. The van der Waals surface area contributed by atoms with Gasteiger partial charge in [0.25, 0.3) is 0 Å². The summed E-state index contributed by atoms with van der Waals surface area (Å²) >= 11 is 0. The molecule has 14 heavy (non-hydrogen) atoms. The molecule has 1 aromatic carbocycles. The van der Waals surface area contributed by atoms with Crippen molar-refractivity contribution in [1.82, 2.24) is 5.43 Å². The smallest absolute Gasteiger partial charge is 0.227 e. The number of benzene rings is 1. The summed E-state index contributed by atoms with van der Waals surface area (Å²) in [5, 5.41) is 3.74. The van der Waals surface area contributed by atoms with Crippen LogP contribution in [0, 0.1) is 0 Å². The Bertz CT molecular complexity index is 372. The van der Waals surface area contributed by atoms with E-state index >= 15 is 0 Å². The van der Waals surface area contributed by atoms with Crippen LogP contribution in [0.3, 0.4) is 0 Å². The van der Waals surface area contributed by atoms with Gasteiger partial charge >= 0.3 is 0 Å². The van der Waals surface area contributed by atoms with Crippen LogP contribution in [-0.2, 0) is 17.6 Å². The molecule has 1 N–H and O–H groups in total. The van der Waals surface area contributed by atoms with Crippen molar-refractivity contribution in [2.45, 2.75) is 19.3 Å². The molecule has 0 atom stereocenters. The molecule has 0 fully saturated rings. The lowest BCUT2D eigenvalue weighted by atomic mass is 10.1. The highest BCUT2D eigenvalue weighted by Gasteiger charge is 2.09. The number of carbonyl (C=O) groups excluding carboxylic acids is 1. The predicted molar refractivity (Wildman–Crippen MR) is 55.3 cm³/mol. The van der Waals surface area contributed by atoms with E-state index in [-0.39, 0.29) is 0 Å². The Balaban J connectivity index is 2.16. The average Bonchev–Trinajstić information content (AvgIpc) is 2.65. The second kappa shape index (κ2) is 4.05. The predicted octanol–water partition coefficient (Wildman–Crippen LogP) is 1.26. The van der Waals surface area contributed by atoms with Gasteiger partial charge in [-0.25, -0.2) is 5.43 Å². The van der Waals surface area contributed by atoms with Gasteiger partial charge in [-0.15, -0.1) is 0 Å². The highest BCUT2D eigenvalue weighted by Crippen LogP contribution is 2.22. The number of nitrogens with zero attached hydrogens (tertiary/aromatic N) is 1. The molecule has 1 aromatic rings. The molecular formula is C11H12N2O. The zero-order chi connectivity index (χ0) is 9.80. The number of hydrazone groups is 1. The van der Waals surface area contributed by atoms with Gasteiger partial charge in [-0.05, 0) is 42.0 Å². The third-order valence-corrected chi connectivity index (χ3v) is 2.46. The third kappa shape index (κ3) is 1.82. The molecule has 1 amide bonds. The van der Waals surface area contributed by atoms with E-state index in [1.54, 1.807) is 6.21 Å². The summed E-state index contributed by atoms with van der Waals surface area (Å²) in [7, 11) is 0. The number of carbonyl (C=O) groups is 1. The lowest BCUT2D eigenvalue weighted by Gasteiger charge is -1.99. The van der Waals surface area contributed by atoms with Crippen molar-refractivity contribution in [2.75, 3.05) is 0 Å². The number of amides is 1. The fourth-order valence-corrected chi connectivity index (χ4v) is 1.81. The molecular weight excluding hydrogens is 176 g/mol. The normalized spacial score (nSPS) is 14.3. The highest BCUT2D eigenvalue weighted by molar-refractivity contribution is 5.80. The van der Waals surface area contributed by atoms with Crippen LogP contribution in [0.25, 0.3) is 0 Å². The van der Waals surface area contributed by atoms with E-state index in [0.717, 1.165) is 12.0 Å². The number of hydrogen-bond acceptors (Lipinski definition) is 2. The summed E-state index contributed by atoms with van der Waals surface area (Å²) in [6, 6.07) is 6.31. The van der Waals surface area contributed by atoms with E-state index in [4.69, 9.17) is 0 Å². The second-order valence-corrected chi connectivity index (χ2v) is 3.39. The van der Waals surface area contributed by atoms with E-state index in [1.807, 2.05) is 6.07 Å². The molecule has 0 radical (unpaired) electrons. The molecule has 72 valence electrons. The zero-order valence-corrected chi connectivity index (χ0v) is 7.86. The van der Waals surface area contributed by atoms with Crippen LogP contribution in [0.4, 0.5) is 0 Å². The summed E-state index contributed by atoms with van der Waals surface area (Å²) < 4.78 is 0. The van der Waals surface area contributed by atoms with E-state index < -0.39 is 0 Å². The standard InChI is InChI=1S/C11H12N2O/c14-8-13-12-7-9-4-5-10-2-1-3-11(10)6-9/h4-8H,1-3H2,(H,13,14).